The third-order valence-corrected chi connectivity index (χ3v) is 4.97. The fraction of sp³-hybridized carbons (Fsp3) is 0.192. The van der Waals surface area contributed by atoms with Crippen LogP contribution in [0, 0.1) is 5.41 Å². The zero-order chi connectivity index (χ0) is 22.9. The molecule has 0 radical (unpaired) electrons. The normalized spacial score (nSPS) is 10.6. The van der Waals surface area contributed by atoms with E-state index in [9.17, 15) is 9.59 Å². The summed E-state index contributed by atoms with van der Waals surface area (Å²) in [6.45, 7) is 1.21. The Morgan fingerprint density at radius 2 is 1.38 bits per heavy atom. The molecule has 0 aliphatic heterocycles. The van der Waals surface area contributed by atoms with Crippen molar-refractivity contribution < 1.29 is 9.59 Å². The summed E-state index contributed by atoms with van der Waals surface area (Å²) in [5.41, 5.74) is 3.69. The van der Waals surface area contributed by atoms with E-state index in [1.807, 2.05) is 48.5 Å². The van der Waals surface area contributed by atoms with Crippen LogP contribution in [0.1, 0.15) is 15.9 Å². The van der Waals surface area contributed by atoms with Crippen molar-refractivity contribution in [2.75, 3.05) is 14.1 Å². The van der Waals surface area contributed by atoms with Gasteiger partial charge < -0.3 is 18.8 Å². The molecule has 0 bridgehead atoms. The third kappa shape index (κ3) is 5.68. The molecule has 3 aromatic carbocycles. The Morgan fingerprint density at radius 3 is 1.94 bits per heavy atom. The van der Waals surface area contributed by atoms with Gasteiger partial charge in [-0.2, -0.15) is 0 Å². The number of imidazole rings is 1. The monoisotopic (exact) mass is 428 g/mol. The van der Waals surface area contributed by atoms with E-state index in [1.165, 1.54) is 5.56 Å². The van der Waals surface area contributed by atoms with Crippen molar-refractivity contribution in [3.8, 4) is 0 Å². The number of nitrogens with zero attached hydrogens (tertiary/aromatic N) is 3. The van der Waals surface area contributed by atoms with E-state index < -0.39 is 0 Å². The van der Waals surface area contributed by atoms with Gasteiger partial charge in [-0.25, -0.2) is 0 Å². The first kappa shape index (κ1) is 22.9. The van der Waals surface area contributed by atoms with Crippen molar-refractivity contribution in [3.05, 3.63) is 102 Å². The lowest BCUT2D eigenvalue weighted by molar-refractivity contribution is -0.108. The van der Waals surface area contributed by atoms with Crippen LogP contribution in [-0.2, 0) is 24.4 Å². The maximum absolute atomic E-state index is 12.4. The van der Waals surface area contributed by atoms with Gasteiger partial charge in [-0.1, -0.05) is 72.8 Å². The average molecular weight is 429 g/mol. The predicted octanol–water partition coefficient (Wildman–Crippen LogP) is 3.75. The lowest BCUT2D eigenvalue weighted by Gasteiger charge is -2.08. The zero-order valence-electron chi connectivity index (χ0n) is 18.4. The second-order valence-electron chi connectivity index (χ2n) is 7.69. The van der Waals surface area contributed by atoms with Crippen LogP contribution >= 0.6 is 0 Å². The van der Waals surface area contributed by atoms with Crippen LogP contribution in [0.25, 0.3) is 11.0 Å². The number of aromatic nitrogens is 2. The molecule has 6 heteroatoms. The van der Waals surface area contributed by atoms with Gasteiger partial charge in [-0.15, -0.1) is 0 Å². The minimum atomic E-state index is -0.0619. The van der Waals surface area contributed by atoms with Crippen LogP contribution in [0.5, 0.6) is 0 Å². The van der Waals surface area contributed by atoms with E-state index in [0.29, 0.717) is 5.56 Å². The van der Waals surface area contributed by atoms with Crippen molar-refractivity contribution in [1.82, 2.24) is 14.0 Å². The number of ketones is 1. The standard InChI is InChI=1S/C17H15N3O2.C9H13N/c18-17-19(10-11-21)14-8-4-5-9-15(14)20(17)12-16(22)13-6-2-1-3-7-13;1-10(2)8-9-6-4-3-5-7-9/h1-9,11,18H,10,12H2;3-7H,8H2,1-2H3. The van der Waals surface area contributed by atoms with Crippen LogP contribution in [-0.4, -0.2) is 40.2 Å². The Morgan fingerprint density at radius 1 is 0.844 bits per heavy atom. The molecule has 0 aliphatic carbocycles. The van der Waals surface area contributed by atoms with Crippen LogP contribution in [0.3, 0.4) is 0 Å². The molecule has 0 atom stereocenters. The molecule has 164 valence electrons. The average Bonchev–Trinajstić information content (AvgIpc) is 3.07. The molecule has 0 spiro atoms. The molecule has 1 N–H and O–H groups in total. The topological polar surface area (TPSA) is 71.1 Å². The van der Waals surface area contributed by atoms with Crippen molar-refractivity contribution >= 4 is 23.1 Å². The third-order valence-electron chi connectivity index (χ3n) is 4.97. The second kappa shape index (κ2) is 11.0. The quantitative estimate of drug-likeness (QED) is 0.360. The highest BCUT2D eigenvalue weighted by molar-refractivity contribution is 5.96. The summed E-state index contributed by atoms with van der Waals surface area (Å²) in [7, 11) is 4.15. The van der Waals surface area contributed by atoms with Crippen LogP contribution < -0.4 is 5.62 Å². The Kier molecular flexibility index (Phi) is 7.89. The molecule has 0 amide bonds. The van der Waals surface area contributed by atoms with Crippen LogP contribution in [0.4, 0.5) is 0 Å². The van der Waals surface area contributed by atoms with Crippen molar-refractivity contribution in [2.24, 2.45) is 0 Å². The van der Waals surface area contributed by atoms with Gasteiger partial charge in [-0.05, 0) is 31.8 Å². The Bertz CT molecular complexity index is 1230. The van der Waals surface area contributed by atoms with Gasteiger partial charge in [0.2, 0.25) is 5.62 Å². The minimum Gasteiger partial charge on any atom is -0.305 e. The van der Waals surface area contributed by atoms with Gasteiger partial charge in [0.1, 0.15) is 6.29 Å². The number of aldehydes is 1. The zero-order valence-corrected chi connectivity index (χ0v) is 18.4. The van der Waals surface area contributed by atoms with Gasteiger partial charge in [0, 0.05) is 12.1 Å². The lowest BCUT2D eigenvalue weighted by Crippen LogP contribution is -2.27. The van der Waals surface area contributed by atoms with Gasteiger partial charge in [-0.3, -0.25) is 10.2 Å². The van der Waals surface area contributed by atoms with Crippen molar-refractivity contribution in [2.45, 2.75) is 19.6 Å². The molecular weight excluding hydrogens is 400 g/mol. The molecule has 1 aromatic heterocycles. The molecule has 6 nitrogen and oxygen atoms in total. The fourth-order valence-corrected chi connectivity index (χ4v) is 3.52. The highest BCUT2D eigenvalue weighted by atomic mass is 16.1. The summed E-state index contributed by atoms with van der Waals surface area (Å²) in [4.78, 5) is 25.4. The number of carbonyl (C=O) groups excluding carboxylic acids is 2. The van der Waals surface area contributed by atoms with Crippen molar-refractivity contribution in [3.63, 3.8) is 0 Å². The summed E-state index contributed by atoms with van der Waals surface area (Å²) in [5, 5.41) is 8.25. The van der Waals surface area contributed by atoms with Gasteiger partial charge in [0.05, 0.1) is 24.1 Å². The van der Waals surface area contributed by atoms with E-state index >= 15 is 0 Å². The SMILES string of the molecule is CN(C)Cc1ccccc1.N=c1n(CC=O)c2ccccc2n1CC(=O)c1ccccc1. The highest BCUT2D eigenvalue weighted by Crippen LogP contribution is 2.13. The first-order valence-corrected chi connectivity index (χ1v) is 10.4. The number of fused-ring (bicyclic) bond motifs is 1. The molecule has 0 unspecified atom stereocenters. The predicted molar refractivity (Wildman–Crippen MR) is 126 cm³/mol. The van der Waals surface area contributed by atoms with E-state index in [1.54, 1.807) is 21.3 Å². The molecule has 0 saturated carbocycles. The van der Waals surface area contributed by atoms with E-state index in [0.717, 1.165) is 23.9 Å². The van der Waals surface area contributed by atoms with Crippen molar-refractivity contribution in [1.29, 1.82) is 5.41 Å². The number of rotatable bonds is 7. The first-order valence-electron chi connectivity index (χ1n) is 10.4. The molecule has 0 fully saturated rings. The Balaban J connectivity index is 0.000000243. The second-order valence-corrected chi connectivity index (χ2v) is 7.69. The van der Waals surface area contributed by atoms with E-state index in [4.69, 9.17) is 5.41 Å². The maximum atomic E-state index is 12.4. The van der Waals surface area contributed by atoms with Gasteiger partial charge in [0.15, 0.2) is 5.78 Å². The molecular formula is C26H28N4O2. The number of hydrogen-bond acceptors (Lipinski definition) is 4. The van der Waals surface area contributed by atoms with E-state index in [-0.39, 0.29) is 24.5 Å². The molecule has 1 heterocycles. The molecule has 4 aromatic rings. The van der Waals surface area contributed by atoms with E-state index in [2.05, 4.69) is 43.3 Å². The molecule has 4 rings (SSSR count). The largest absolute Gasteiger partial charge is 0.305 e. The smallest absolute Gasteiger partial charge is 0.203 e. The highest BCUT2D eigenvalue weighted by Gasteiger charge is 2.13. The number of carbonyl (C=O) groups is 2. The Labute approximate surface area is 187 Å². The molecule has 0 aliphatic rings. The minimum absolute atomic E-state index is 0.0619. The Hall–Kier alpha value is -3.77. The van der Waals surface area contributed by atoms with Crippen LogP contribution in [0.15, 0.2) is 84.9 Å². The number of nitrogens with one attached hydrogen (secondary N) is 1. The summed E-state index contributed by atoms with van der Waals surface area (Å²) in [5.74, 6) is -0.0619. The number of Topliss-reactive ketones (excluding diaryl/α,β-unsaturated/α-hetero) is 1. The molecule has 32 heavy (non-hydrogen) atoms. The summed E-state index contributed by atoms with van der Waals surface area (Å²) in [6, 6.07) is 26.9. The maximum Gasteiger partial charge on any atom is 0.203 e. The molecule has 0 saturated heterocycles. The lowest BCUT2D eigenvalue weighted by atomic mass is 10.1. The van der Waals surface area contributed by atoms with Crippen LogP contribution in [0.2, 0.25) is 0 Å². The van der Waals surface area contributed by atoms with Gasteiger partial charge in [0.25, 0.3) is 0 Å². The summed E-state index contributed by atoms with van der Waals surface area (Å²) < 4.78 is 3.23. The number of hydrogen-bond donors (Lipinski definition) is 1. The number of para-hydroxylation sites is 2. The summed E-state index contributed by atoms with van der Waals surface area (Å²) in [6.07, 6.45) is 0.758. The number of benzene rings is 3. The summed E-state index contributed by atoms with van der Waals surface area (Å²) >= 11 is 0. The first-order chi connectivity index (χ1) is 15.5. The van der Waals surface area contributed by atoms with Gasteiger partial charge >= 0.3 is 0 Å². The fourth-order valence-electron chi connectivity index (χ4n) is 3.52.